The molecule has 0 spiro atoms. The largest absolute Gasteiger partial charge is 0.488 e. The van der Waals surface area contributed by atoms with Crippen molar-refractivity contribution in [1.82, 2.24) is 18.8 Å². The van der Waals surface area contributed by atoms with Crippen LogP contribution in [0.4, 0.5) is 5.69 Å². The Morgan fingerprint density at radius 3 is 2.48 bits per heavy atom. The Morgan fingerprint density at radius 1 is 1.17 bits per heavy atom. The number of imidazole rings is 1. The van der Waals surface area contributed by atoms with Crippen LogP contribution in [0.5, 0.6) is 5.75 Å². The molecule has 1 aliphatic rings. The summed E-state index contributed by atoms with van der Waals surface area (Å²) in [7, 11) is -4.71. The van der Waals surface area contributed by atoms with Gasteiger partial charge in [0.25, 0.3) is 20.0 Å². The fraction of sp³-hybridized carbons (Fsp3) is 0.429. The first-order valence-electron chi connectivity index (χ1n) is 13.4. The number of aliphatic hydroxyl groups excluding tert-OH is 1. The van der Waals surface area contributed by atoms with Gasteiger partial charge in [-0.25, -0.2) is 21.8 Å². The van der Waals surface area contributed by atoms with Crippen molar-refractivity contribution in [1.29, 1.82) is 0 Å². The summed E-state index contributed by atoms with van der Waals surface area (Å²) < 4.78 is 64.1. The number of nitrogens with one attached hydrogen (secondary N) is 1. The van der Waals surface area contributed by atoms with E-state index in [1.807, 2.05) is 13.8 Å². The van der Waals surface area contributed by atoms with Crippen molar-refractivity contribution in [2.75, 3.05) is 31.5 Å². The van der Waals surface area contributed by atoms with Crippen LogP contribution in [0.1, 0.15) is 25.0 Å². The number of hydrogen-bond acceptors (Lipinski definition) is 8. The van der Waals surface area contributed by atoms with E-state index >= 15 is 0 Å². The highest BCUT2D eigenvalue weighted by atomic mass is 32.2. The van der Waals surface area contributed by atoms with Crippen molar-refractivity contribution in [3.63, 3.8) is 0 Å². The number of hydrogen-bond donors (Lipinski definition) is 2. The van der Waals surface area contributed by atoms with Gasteiger partial charge in [0.2, 0.25) is 5.91 Å². The first kappa shape index (κ1) is 31.5. The van der Waals surface area contributed by atoms with Gasteiger partial charge in [0.1, 0.15) is 11.9 Å². The quantitative estimate of drug-likeness (QED) is 0.369. The molecule has 228 valence electrons. The second-order valence-electron chi connectivity index (χ2n) is 10.8. The van der Waals surface area contributed by atoms with E-state index in [-0.39, 0.29) is 53.6 Å². The maximum atomic E-state index is 13.5. The maximum absolute atomic E-state index is 13.5. The Hall–Kier alpha value is -3.46. The molecule has 14 heteroatoms. The molecule has 0 saturated heterocycles. The van der Waals surface area contributed by atoms with Crippen LogP contribution in [-0.4, -0.2) is 85.5 Å². The van der Waals surface area contributed by atoms with Crippen molar-refractivity contribution in [3.05, 3.63) is 66.1 Å². The molecule has 42 heavy (non-hydrogen) atoms. The molecule has 4 rings (SSSR count). The molecular weight excluding hydrogens is 582 g/mol. The summed E-state index contributed by atoms with van der Waals surface area (Å²) >= 11 is 0. The zero-order valence-electron chi connectivity index (χ0n) is 24.3. The molecule has 0 unspecified atom stereocenters. The molecule has 1 aliphatic heterocycles. The third kappa shape index (κ3) is 6.94. The number of aryl methyl sites for hydroxylation is 2. The second-order valence-corrected chi connectivity index (χ2v) is 14.5. The lowest BCUT2D eigenvalue weighted by molar-refractivity contribution is -0.134. The standard InChI is InChI=1S/C28H37N5O7S2/c1-19-6-9-24(10-7-19)41(36,37)30-23-8-11-25-22(12-23)13-28(35)33(21(3)17-34)14-20(2)26(40-25)15-32(5)42(38,39)27-16-31(4)18-29-27/h6-12,16,18,20-21,26,30,34H,13-15,17H2,1-5H3/t20-,21-,26+/m1/s1. The molecule has 0 aliphatic carbocycles. The van der Waals surface area contributed by atoms with E-state index in [1.54, 1.807) is 47.7 Å². The summed E-state index contributed by atoms with van der Waals surface area (Å²) in [6.45, 7) is 5.34. The van der Waals surface area contributed by atoms with E-state index in [0.29, 0.717) is 11.3 Å². The van der Waals surface area contributed by atoms with Crippen LogP contribution in [0.2, 0.25) is 0 Å². The summed E-state index contributed by atoms with van der Waals surface area (Å²) in [5, 5.41) is 9.77. The summed E-state index contributed by atoms with van der Waals surface area (Å²) in [6, 6.07) is 10.6. The minimum Gasteiger partial charge on any atom is -0.488 e. The Kier molecular flexibility index (Phi) is 9.30. The number of benzene rings is 2. The highest BCUT2D eigenvalue weighted by Gasteiger charge is 2.34. The van der Waals surface area contributed by atoms with Gasteiger partial charge in [-0.15, -0.1) is 0 Å². The van der Waals surface area contributed by atoms with E-state index in [1.165, 1.54) is 42.1 Å². The maximum Gasteiger partial charge on any atom is 0.261 e. The van der Waals surface area contributed by atoms with E-state index < -0.39 is 32.2 Å². The lowest BCUT2D eigenvalue weighted by atomic mass is 10.0. The smallest absolute Gasteiger partial charge is 0.261 e. The van der Waals surface area contributed by atoms with Crippen LogP contribution in [0, 0.1) is 12.8 Å². The van der Waals surface area contributed by atoms with Crippen molar-refractivity contribution < 1.29 is 31.5 Å². The SMILES string of the molecule is Cc1ccc(S(=O)(=O)Nc2ccc3c(c2)CC(=O)N([C@H](C)CO)C[C@@H](C)[C@H](CN(C)S(=O)(=O)c2cn(C)cn2)O3)cc1. The van der Waals surface area contributed by atoms with Gasteiger partial charge >= 0.3 is 0 Å². The van der Waals surface area contributed by atoms with Gasteiger partial charge in [0, 0.05) is 44.0 Å². The zero-order chi connectivity index (χ0) is 30.8. The first-order chi connectivity index (χ1) is 19.7. The van der Waals surface area contributed by atoms with Crippen molar-refractivity contribution in [2.24, 2.45) is 13.0 Å². The van der Waals surface area contributed by atoms with Crippen molar-refractivity contribution in [3.8, 4) is 5.75 Å². The molecule has 2 heterocycles. The molecule has 0 radical (unpaired) electrons. The lowest BCUT2D eigenvalue weighted by Crippen LogP contribution is -2.48. The predicted octanol–water partition coefficient (Wildman–Crippen LogP) is 2.00. The number of carbonyl (C=O) groups excluding carboxylic acids is 1. The highest BCUT2D eigenvalue weighted by Crippen LogP contribution is 2.30. The Balaban J connectivity index is 1.68. The van der Waals surface area contributed by atoms with E-state index in [0.717, 1.165) is 5.56 Å². The number of sulfonamides is 2. The Morgan fingerprint density at radius 2 is 1.86 bits per heavy atom. The number of carbonyl (C=O) groups is 1. The van der Waals surface area contributed by atoms with E-state index in [2.05, 4.69) is 9.71 Å². The van der Waals surface area contributed by atoms with Crippen molar-refractivity contribution in [2.45, 2.75) is 49.3 Å². The Labute approximate surface area is 247 Å². The fourth-order valence-corrected chi connectivity index (χ4v) is 6.87. The summed E-state index contributed by atoms with van der Waals surface area (Å²) in [5.74, 6) is -0.280. The van der Waals surface area contributed by atoms with Gasteiger partial charge in [-0.1, -0.05) is 24.6 Å². The number of anilines is 1. The normalized spacial score (nSPS) is 18.9. The Bertz CT molecular complexity index is 1640. The second kappa shape index (κ2) is 12.4. The number of likely N-dealkylation sites (N-methyl/N-ethyl adjacent to an activating group) is 1. The van der Waals surface area contributed by atoms with Gasteiger partial charge in [0.15, 0.2) is 5.03 Å². The number of fused-ring (bicyclic) bond motifs is 1. The van der Waals surface area contributed by atoms with Gasteiger partial charge in [-0.05, 0) is 44.2 Å². The van der Waals surface area contributed by atoms with Crippen LogP contribution in [-0.2, 0) is 38.3 Å². The molecule has 0 bridgehead atoms. The third-order valence-corrected chi connectivity index (χ3v) is 10.4. The average Bonchev–Trinajstić information content (AvgIpc) is 3.39. The van der Waals surface area contributed by atoms with Gasteiger partial charge < -0.3 is 19.3 Å². The fourth-order valence-electron chi connectivity index (χ4n) is 4.68. The third-order valence-electron chi connectivity index (χ3n) is 7.29. The molecular formula is C28H37N5O7S2. The number of rotatable bonds is 9. The van der Waals surface area contributed by atoms with Crippen molar-refractivity contribution >= 4 is 31.6 Å². The van der Waals surface area contributed by atoms with Gasteiger partial charge in [-0.3, -0.25) is 9.52 Å². The summed E-state index contributed by atoms with van der Waals surface area (Å²) in [4.78, 5) is 19.1. The van der Waals surface area contributed by atoms with Crippen LogP contribution in [0.3, 0.4) is 0 Å². The highest BCUT2D eigenvalue weighted by molar-refractivity contribution is 7.92. The van der Waals surface area contributed by atoms with Crippen LogP contribution in [0.25, 0.3) is 0 Å². The monoisotopic (exact) mass is 619 g/mol. The molecule has 0 fully saturated rings. The number of ether oxygens (including phenoxy) is 1. The number of amides is 1. The van der Waals surface area contributed by atoms with Gasteiger partial charge in [-0.2, -0.15) is 4.31 Å². The van der Waals surface area contributed by atoms with E-state index in [4.69, 9.17) is 4.74 Å². The van der Waals surface area contributed by atoms with Crippen LogP contribution >= 0.6 is 0 Å². The molecule has 3 aromatic rings. The predicted molar refractivity (Wildman–Crippen MR) is 157 cm³/mol. The molecule has 3 atom stereocenters. The number of aromatic nitrogens is 2. The summed E-state index contributed by atoms with van der Waals surface area (Å²) in [6.07, 6.45) is 2.01. The number of nitrogens with zero attached hydrogens (tertiary/aromatic N) is 4. The molecule has 12 nitrogen and oxygen atoms in total. The topological polar surface area (TPSA) is 151 Å². The number of aliphatic hydroxyl groups is 1. The average molecular weight is 620 g/mol. The molecule has 2 N–H and O–H groups in total. The lowest BCUT2D eigenvalue weighted by Gasteiger charge is -2.33. The van der Waals surface area contributed by atoms with E-state index in [9.17, 15) is 26.7 Å². The summed E-state index contributed by atoms with van der Waals surface area (Å²) in [5.41, 5.74) is 1.59. The van der Waals surface area contributed by atoms with Crippen LogP contribution < -0.4 is 9.46 Å². The minimum atomic E-state index is -3.93. The molecule has 0 saturated carbocycles. The molecule has 1 aromatic heterocycles. The molecule has 1 amide bonds. The van der Waals surface area contributed by atoms with Gasteiger partial charge in [0.05, 0.1) is 36.8 Å². The zero-order valence-corrected chi connectivity index (χ0v) is 25.9. The first-order valence-corrected chi connectivity index (χ1v) is 16.4. The minimum absolute atomic E-state index is 0.0448. The molecule has 2 aromatic carbocycles. The van der Waals surface area contributed by atoms with Crippen LogP contribution in [0.15, 0.2) is 64.9 Å².